The zero-order valence-electron chi connectivity index (χ0n) is 11.2. The fraction of sp³-hybridized carbons (Fsp3) is 0.250. The summed E-state index contributed by atoms with van der Waals surface area (Å²) in [5, 5.41) is 14.1. The number of rotatable bonds is 4. The van der Waals surface area contributed by atoms with Crippen molar-refractivity contribution in [3.63, 3.8) is 0 Å². The van der Waals surface area contributed by atoms with Crippen molar-refractivity contribution >= 4 is 17.3 Å². The Bertz CT molecular complexity index is 551. The topological polar surface area (TPSA) is 32.3 Å². The molecule has 0 aliphatic carbocycles. The second-order valence-corrected chi connectivity index (χ2v) is 5.20. The fourth-order valence-electron chi connectivity index (χ4n) is 2.09. The minimum absolute atomic E-state index is 0.478. The summed E-state index contributed by atoms with van der Waals surface area (Å²) >= 11 is 5.83. The van der Waals surface area contributed by atoms with E-state index in [2.05, 4.69) is 18.3 Å². The minimum Gasteiger partial charge on any atom is -0.387 e. The number of benzene rings is 2. The van der Waals surface area contributed by atoms with Gasteiger partial charge in [0.15, 0.2) is 0 Å². The van der Waals surface area contributed by atoms with E-state index in [0.29, 0.717) is 11.6 Å². The SMILES string of the molecule is Cc1ccc(C(O)CNc2ccc(Cl)cc2)c(C)c1. The molecular weight excluding hydrogens is 258 g/mol. The van der Waals surface area contributed by atoms with Crippen LogP contribution in [0.1, 0.15) is 22.8 Å². The van der Waals surface area contributed by atoms with E-state index in [1.165, 1.54) is 5.56 Å². The molecule has 1 unspecified atom stereocenters. The number of hydrogen-bond acceptors (Lipinski definition) is 2. The third-order valence-corrected chi connectivity index (χ3v) is 3.38. The summed E-state index contributed by atoms with van der Waals surface area (Å²) in [7, 11) is 0. The quantitative estimate of drug-likeness (QED) is 0.880. The predicted molar refractivity (Wildman–Crippen MR) is 80.8 cm³/mol. The van der Waals surface area contributed by atoms with Gasteiger partial charge in [-0.1, -0.05) is 35.4 Å². The molecule has 0 saturated heterocycles. The molecule has 2 nitrogen and oxygen atoms in total. The number of aryl methyl sites for hydroxylation is 2. The molecular formula is C16H18ClNO. The van der Waals surface area contributed by atoms with Gasteiger partial charge in [0.2, 0.25) is 0 Å². The lowest BCUT2D eigenvalue weighted by molar-refractivity contribution is 0.191. The van der Waals surface area contributed by atoms with Gasteiger partial charge in [-0.3, -0.25) is 0 Å². The summed E-state index contributed by atoms with van der Waals surface area (Å²) in [5.74, 6) is 0. The number of aliphatic hydroxyl groups is 1. The van der Waals surface area contributed by atoms with Gasteiger partial charge in [-0.15, -0.1) is 0 Å². The van der Waals surface area contributed by atoms with Crippen LogP contribution >= 0.6 is 11.6 Å². The van der Waals surface area contributed by atoms with Crippen LogP contribution in [0.15, 0.2) is 42.5 Å². The van der Waals surface area contributed by atoms with E-state index in [0.717, 1.165) is 16.8 Å². The van der Waals surface area contributed by atoms with Crippen molar-refractivity contribution < 1.29 is 5.11 Å². The first-order chi connectivity index (χ1) is 9.06. The van der Waals surface area contributed by atoms with E-state index in [1.54, 1.807) is 0 Å². The van der Waals surface area contributed by atoms with Crippen LogP contribution in [0, 0.1) is 13.8 Å². The van der Waals surface area contributed by atoms with Crippen LogP contribution in [0.4, 0.5) is 5.69 Å². The van der Waals surface area contributed by atoms with Gasteiger partial charge in [0.05, 0.1) is 6.10 Å². The van der Waals surface area contributed by atoms with Crippen LogP contribution in [0.2, 0.25) is 5.02 Å². The molecule has 19 heavy (non-hydrogen) atoms. The molecule has 2 N–H and O–H groups in total. The maximum absolute atomic E-state index is 10.2. The number of halogens is 1. The van der Waals surface area contributed by atoms with Crippen molar-refractivity contribution in [2.45, 2.75) is 20.0 Å². The normalized spacial score (nSPS) is 12.2. The molecule has 0 amide bonds. The molecule has 0 aliphatic rings. The van der Waals surface area contributed by atoms with Crippen molar-refractivity contribution in [1.29, 1.82) is 0 Å². The molecule has 0 spiro atoms. The lowest BCUT2D eigenvalue weighted by Crippen LogP contribution is -2.13. The highest BCUT2D eigenvalue weighted by Crippen LogP contribution is 2.20. The Morgan fingerprint density at radius 3 is 2.42 bits per heavy atom. The summed E-state index contributed by atoms with van der Waals surface area (Å²) in [6.07, 6.45) is -0.517. The zero-order valence-corrected chi connectivity index (χ0v) is 11.9. The lowest BCUT2D eigenvalue weighted by atomic mass is 10.0. The molecule has 0 radical (unpaired) electrons. The highest BCUT2D eigenvalue weighted by Gasteiger charge is 2.10. The van der Waals surface area contributed by atoms with E-state index in [-0.39, 0.29) is 0 Å². The highest BCUT2D eigenvalue weighted by molar-refractivity contribution is 6.30. The van der Waals surface area contributed by atoms with Gasteiger partial charge in [-0.05, 0) is 49.2 Å². The average Bonchev–Trinajstić information content (AvgIpc) is 2.37. The number of aliphatic hydroxyl groups excluding tert-OH is 1. The number of anilines is 1. The average molecular weight is 276 g/mol. The fourth-order valence-corrected chi connectivity index (χ4v) is 2.22. The van der Waals surface area contributed by atoms with Gasteiger partial charge in [0, 0.05) is 17.3 Å². The van der Waals surface area contributed by atoms with E-state index >= 15 is 0 Å². The lowest BCUT2D eigenvalue weighted by Gasteiger charge is -2.16. The van der Waals surface area contributed by atoms with Gasteiger partial charge in [-0.2, -0.15) is 0 Å². The molecule has 2 rings (SSSR count). The smallest absolute Gasteiger partial charge is 0.0964 e. The molecule has 0 aromatic heterocycles. The molecule has 0 fully saturated rings. The maximum Gasteiger partial charge on any atom is 0.0964 e. The van der Waals surface area contributed by atoms with Crippen LogP contribution in [0.5, 0.6) is 0 Å². The molecule has 0 heterocycles. The summed E-state index contributed by atoms with van der Waals surface area (Å²) in [5.41, 5.74) is 4.24. The standard InChI is InChI=1S/C16H18ClNO/c1-11-3-8-15(12(2)9-11)16(19)10-18-14-6-4-13(17)5-7-14/h3-9,16,18-19H,10H2,1-2H3. The first-order valence-corrected chi connectivity index (χ1v) is 6.69. The molecule has 0 aliphatic heterocycles. The van der Waals surface area contributed by atoms with Crippen LogP contribution in [0.3, 0.4) is 0 Å². The highest BCUT2D eigenvalue weighted by atomic mass is 35.5. The van der Waals surface area contributed by atoms with Crippen LogP contribution < -0.4 is 5.32 Å². The Labute approximate surface area is 119 Å². The Morgan fingerprint density at radius 2 is 1.79 bits per heavy atom. The maximum atomic E-state index is 10.2. The van der Waals surface area contributed by atoms with Gasteiger partial charge in [0.25, 0.3) is 0 Å². The molecule has 2 aromatic carbocycles. The molecule has 0 bridgehead atoms. The third kappa shape index (κ3) is 3.72. The molecule has 0 saturated carbocycles. The van der Waals surface area contributed by atoms with Crippen molar-refractivity contribution in [3.05, 3.63) is 64.2 Å². The van der Waals surface area contributed by atoms with Crippen LogP contribution in [-0.4, -0.2) is 11.7 Å². The van der Waals surface area contributed by atoms with Crippen LogP contribution in [-0.2, 0) is 0 Å². The van der Waals surface area contributed by atoms with Crippen molar-refractivity contribution in [1.82, 2.24) is 0 Å². The van der Waals surface area contributed by atoms with Gasteiger partial charge < -0.3 is 10.4 Å². The Morgan fingerprint density at radius 1 is 1.11 bits per heavy atom. The second-order valence-electron chi connectivity index (χ2n) is 4.76. The summed E-state index contributed by atoms with van der Waals surface area (Å²) in [6.45, 7) is 4.55. The zero-order chi connectivity index (χ0) is 13.8. The molecule has 2 aromatic rings. The van der Waals surface area contributed by atoms with E-state index < -0.39 is 6.10 Å². The Kier molecular flexibility index (Phi) is 4.46. The van der Waals surface area contributed by atoms with E-state index in [4.69, 9.17) is 11.6 Å². The summed E-state index contributed by atoms with van der Waals surface area (Å²) in [4.78, 5) is 0. The van der Waals surface area contributed by atoms with Gasteiger partial charge in [-0.25, -0.2) is 0 Å². The predicted octanol–water partition coefficient (Wildman–Crippen LogP) is 4.10. The second kappa shape index (κ2) is 6.09. The molecule has 3 heteroatoms. The molecule has 1 atom stereocenters. The minimum atomic E-state index is -0.517. The Hall–Kier alpha value is -1.51. The van der Waals surface area contributed by atoms with Gasteiger partial charge >= 0.3 is 0 Å². The van der Waals surface area contributed by atoms with Crippen LogP contribution in [0.25, 0.3) is 0 Å². The molecule has 100 valence electrons. The third-order valence-electron chi connectivity index (χ3n) is 3.13. The first-order valence-electron chi connectivity index (χ1n) is 6.31. The van der Waals surface area contributed by atoms with E-state index in [9.17, 15) is 5.11 Å². The number of nitrogens with one attached hydrogen (secondary N) is 1. The van der Waals surface area contributed by atoms with Crippen molar-refractivity contribution in [3.8, 4) is 0 Å². The van der Waals surface area contributed by atoms with Gasteiger partial charge in [0.1, 0.15) is 0 Å². The van der Waals surface area contributed by atoms with E-state index in [1.807, 2.05) is 43.3 Å². The largest absolute Gasteiger partial charge is 0.387 e. The first kappa shape index (κ1) is 13.9. The van der Waals surface area contributed by atoms with Crippen molar-refractivity contribution in [2.24, 2.45) is 0 Å². The number of hydrogen-bond donors (Lipinski definition) is 2. The Balaban J connectivity index is 2.01. The monoisotopic (exact) mass is 275 g/mol. The summed E-state index contributed by atoms with van der Waals surface area (Å²) in [6, 6.07) is 13.5. The summed E-state index contributed by atoms with van der Waals surface area (Å²) < 4.78 is 0. The van der Waals surface area contributed by atoms with Crippen molar-refractivity contribution in [2.75, 3.05) is 11.9 Å².